The highest BCUT2D eigenvalue weighted by molar-refractivity contribution is 5.97. The second kappa shape index (κ2) is 5.21. The Hall–Kier alpha value is -2.55. The third-order valence-corrected chi connectivity index (χ3v) is 3.23. The molecule has 0 aliphatic carbocycles. The van der Waals surface area contributed by atoms with E-state index in [4.69, 9.17) is 4.74 Å². The van der Waals surface area contributed by atoms with Crippen LogP contribution in [0, 0.1) is 0 Å². The van der Waals surface area contributed by atoms with Crippen molar-refractivity contribution in [2.24, 2.45) is 0 Å². The fraction of sp³-hybridized carbons (Fsp3) is 0.118. The SMILES string of the molecule is CCOc1c(-c2ccccc2)c2ccccc2[nH]c1=O. The Morgan fingerprint density at radius 1 is 1.00 bits per heavy atom. The largest absolute Gasteiger partial charge is 0.488 e. The van der Waals surface area contributed by atoms with Crippen LogP contribution in [0.4, 0.5) is 0 Å². The normalized spacial score (nSPS) is 10.7. The molecule has 3 heteroatoms. The van der Waals surface area contributed by atoms with E-state index in [9.17, 15) is 4.79 Å². The molecule has 0 saturated heterocycles. The van der Waals surface area contributed by atoms with Crippen LogP contribution in [-0.2, 0) is 0 Å². The third-order valence-electron chi connectivity index (χ3n) is 3.23. The summed E-state index contributed by atoms with van der Waals surface area (Å²) >= 11 is 0. The van der Waals surface area contributed by atoms with Gasteiger partial charge in [-0.3, -0.25) is 4.79 Å². The van der Waals surface area contributed by atoms with Crippen molar-refractivity contribution in [2.45, 2.75) is 6.92 Å². The zero-order valence-corrected chi connectivity index (χ0v) is 11.2. The third kappa shape index (κ3) is 2.07. The Labute approximate surface area is 116 Å². The predicted octanol–water partition coefficient (Wildman–Crippen LogP) is 3.59. The van der Waals surface area contributed by atoms with Gasteiger partial charge in [-0.25, -0.2) is 0 Å². The first-order valence-electron chi connectivity index (χ1n) is 6.64. The number of hydrogen-bond acceptors (Lipinski definition) is 2. The molecule has 0 bridgehead atoms. The zero-order chi connectivity index (χ0) is 13.9. The quantitative estimate of drug-likeness (QED) is 0.786. The molecule has 3 aromatic rings. The summed E-state index contributed by atoms with van der Waals surface area (Å²) in [6.07, 6.45) is 0. The number of para-hydroxylation sites is 1. The van der Waals surface area contributed by atoms with Crippen LogP contribution in [-0.4, -0.2) is 11.6 Å². The molecule has 1 aromatic heterocycles. The smallest absolute Gasteiger partial charge is 0.291 e. The maximum atomic E-state index is 12.2. The number of benzene rings is 2. The van der Waals surface area contributed by atoms with E-state index in [2.05, 4.69) is 4.98 Å². The van der Waals surface area contributed by atoms with E-state index in [1.54, 1.807) is 0 Å². The van der Waals surface area contributed by atoms with Crippen LogP contribution in [0.15, 0.2) is 59.4 Å². The fourth-order valence-electron chi connectivity index (χ4n) is 2.40. The summed E-state index contributed by atoms with van der Waals surface area (Å²) in [6.45, 7) is 2.34. The number of ether oxygens (including phenoxy) is 1. The van der Waals surface area contributed by atoms with Gasteiger partial charge >= 0.3 is 0 Å². The highest BCUT2D eigenvalue weighted by Crippen LogP contribution is 2.33. The van der Waals surface area contributed by atoms with Gasteiger partial charge in [-0.2, -0.15) is 0 Å². The Kier molecular flexibility index (Phi) is 3.25. The summed E-state index contributed by atoms with van der Waals surface area (Å²) in [5, 5.41) is 0.988. The predicted molar refractivity (Wildman–Crippen MR) is 81.2 cm³/mol. The van der Waals surface area contributed by atoms with Gasteiger partial charge in [-0.05, 0) is 18.6 Å². The van der Waals surface area contributed by atoms with Crippen LogP contribution in [0.2, 0.25) is 0 Å². The number of nitrogens with one attached hydrogen (secondary N) is 1. The lowest BCUT2D eigenvalue weighted by Gasteiger charge is -2.12. The van der Waals surface area contributed by atoms with Crippen LogP contribution in [0.3, 0.4) is 0 Å². The number of aromatic nitrogens is 1. The van der Waals surface area contributed by atoms with Crippen LogP contribution < -0.4 is 10.3 Å². The molecule has 3 nitrogen and oxygen atoms in total. The first kappa shape index (κ1) is 12.5. The van der Waals surface area contributed by atoms with E-state index in [-0.39, 0.29) is 5.56 Å². The number of fused-ring (bicyclic) bond motifs is 1. The molecule has 0 atom stereocenters. The Morgan fingerprint density at radius 2 is 1.70 bits per heavy atom. The van der Waals surface area contributed by atoms with Crippen LogP contribution in [0.1, 0.15) is 6.92 Å². The number of H-pyrrole nitrogens is 1. The van der Waals surface area contributed by atoms with Crippen LogP contribution in [0.5, 0.6) is 5.75 Å². The molecule has 3 rings (SSSR count). The highest BCUT2D eigenvalue weighted by atomic mass is 16.5. The second-order valence-corrected chi connectivity index (χ2v) is 4.50. The average molecular weight is 265 g/mol. The van der Waals surface area contributed by atoms with Crippen molar-refractivity contribution in [3.63, 3.8) is 0 Å². The second-order valence-electron chi connectivity index (χ2n) is 4.50. The summed E-state index contributed by atoms with van der Waals surface area (Å²) < 4.78 is 5.59. The molecule has 2 aromatic carbocycles. The standard InChI is InChI=1S/C17H15NO2/c1-2-20-16-15(12-8-4-3-5-9-12)13-10-6-7-11-14(13)18-17(16)19/h3-11H,2H2,1H3,(H,18,19). The minimum Gasteiger partial charge on any atom is -0.488 e. The first-order valence-corrected chi connectivity index (χ1v) is 6.64. The van der Waals surface area contributed by atoms with Crippen molar-refractivity contribution in [1.82, 2.24) is 4.98 Å². The minimum absolute atomic E-state index is 0.190. The highest BCUT2D eigenvalue weighted by Gasteiger charge is 2.14. The summed E-state index contributed by atoms with van der Waals surface area (Å²) in [4.78, 5) is 15.1. The number of rotatable bonds is 3. The van der Waals surface area contributed by atoms with E-state index in [0.717, 1.165) is 22.0 Å². The Balaban J connectivity index is 2.42. The van der Waals surface area contributed by atoms with E-state index in [1.165, 1.54) is 0 Å². The molecule has 0 aliphatic rings. The first-order chi connectivity index (χ1) is 9.81. The Bertz CT molecular complexity index is 791. The molecule has 20 heavy (non-hydrogen) atoms. The van der Waals surface area contributed by atoms with Gasteiger partial charge in [0.2, 0.25) is 0 Å². The van der Waals surface area contributed by atoms with Gasteiger partial charge in [0, 0.05) is 16.5 Å². The van der Waals surface area contributed by atoms with Crippen molar-refractivity contribution in [3.05, 3.63) is 65.0 Å². The minimum atomic E-state index is -0.190. The lowest BCUT2D eigenvalue weighted by Crippen LogP contribution is -2.12. The number of hydrogen-bond donors (Lipinski definition) is 1. The van der Waals surface area contributed by atoms with Crippen molar-refractivity contribution in [2.75, 3.05) is 6.61 Å². The molecule has 0 aliphatic heterocycles. The van der Waals surface area contributed by atoms with Gasteiger partial charge in [0.05, 0.1) is 6.61 Å². The van der Waals surface area contributed by atoms with E-state index in [0.29, 0.717) is 12.4 Å². The molecule has 1 heterocycles. The lowest BCUT2D eigenvalue weighted by atomic mass is 10.0. The molecule has 0 unspecified atom stereocenters. The molecule has 1 N–H and O–H groups in total. The fourth-order valence-corrected chi connectivity index (χ4v) is 2.40. The maximum absolute atomic E-state index is 12.2. The average Bonchev–Trinajstić information content (AvgIpc) is 2.49. The van der Waals surface area contributed by atoms with Gasteiger partial charge in [-0.15, -0.1) is 0 Å². The number of aromatic amines is 1. The van der Waals surface area contributed by atoms with Gasteiger partial charge in [0.1, 0.15) is 0 Å². The summed E-state index contributed by atoms with van der Waals surface area (Å²) in [7, 11) is 0. The zero-order valence-electron chi connectivity index (χ0n) is 11.2. The summed E-state index contributed by atoms with van der Waals surface area (Å²) in [5.74, 6) is 0.386. The van der Waals surface area contributed by atoms with Gasteiger partial charge in [0.25, 0.3) is 5.56 Å². The van der Waals surface area contributed by atoms with Gasteiger partial charge < -0.3 is 9.72 Å². The van der Waals surface area contributed by atoms with Crippen molar-refractivity contribution in [3.8, 4) is 16.9 Å². The molecule has 0 fully saturated rings. The van der Waals surface area contributed by atoms with Crippen LogP contribution in [0.25, 0.3) is 22.0 Å². The topological polar surface area (TPSA) is 42.1 Å². The molecule has 0 amide bonds. The van der Waals surface area contributed by atoms with Gasteiger partial charge in [0.15, 0.2) is 5.75 Å². The van der Waals surface area contributed by atoms with Crippen LogP contribution >= 0.6 is 0 Å². The lowest BCUT2D eigenvalue weighted by molar-refractivity contribution is 0.337. The Morgan fingerprint density at radius 3 is 2.45 bits per heavy atom. The van der Waals surface area contributed by atoms with Crippen molar-refractivity contribution in [1.29, 1.82) is 0 Å². The van der Waals surface area contributed by atoms with Gasteiger partial charge in [-0.1, -0.05) is 48.5 Å². The van der Waals surface area contributed by atoms with E-state index >= 15 is 0 Å². The van der Waals surface area contributed by atoms with Crippen molar-refractivity contribution >= 4 is 10.9 Å². The van der Waals surface area contributed by atoms with E-state index < -0.39 is 0 Å². The molecule has 0 radical (unpaired) electrons. The monoisotopic (exact) mass is 265 g/mol. The van der Waals surface area contributed by atoms with E-state index in [1.807, 2.05) is 61.5 Å². The maximum Gasteiger partial charge on any atom is 0.291 e. The van der Waals surface area contributed by atoms with Crippen molar-refractivity contribution < 1.29 is 4.74 Å². The number of pyridine rings is 1. The molecular formula is C17H15NO2. The summed E-state index contributed by atoms with van der Waals surface area (Å²) in [5.41, 5.74) is 2.47. The molecule has 100 valence electrons. The molecular weight excluding hydrogens is 250 g/mol. The summed E-state index contributed by atoms with van der Waals surface area (Å²) in [6, 6.07) is 17.6. The molecule has 0 saturated carbocycles. The molecule has 0 spiro atoms.